The summed E-state index contributed by atoms with van der Waals surface area (Å²) >= 11 is 0. The fourth-order valence-electron chi connectivity index (χ4n) is 1.82. The first-order valence-electron chi connectivity index (χ1n) is 5.60. The van der Waals surface area contributed by atoms with Gasteiger partial charge in [-0.3, -0.25) is 9.63 Å². The Morgan fingerprint density at radius 2 is 2.20 bits per heavy atom. The molecule has 1 saturated heterocycles. The Morgan fingerprint density at radius 1 is 1.50 bits per heavy atom. The average Bonchev–Trinajstić information content (AvgIpc) is 2.74. The molecule has 3 N–H and O–H groups in total. The van der Waals surface area contributed by atoms with E-state index in [0.717, 1.165) is 0 Å². The quantitative estimate of drug-likeness (QED) is 0.682. The van der Waals surface area contributed by atoms with Gasteiger partial charge in [0, 0.05) is 0 Å². The molecular formula is C11H12N2O6S. The van der Waals surface area contributed by atoms with Crippen LogP contribution in [-0.4, -0.2) is 38.0 Å². The smallest absolute Gasteiger partial charge is 0.335 e. The van der Waals surface area contributed by atoms with E-state index in [9.17, 15) is 18.0 Å². The van der Waals surface area contributed by atoms with E-state index < -0.39 is 27.9 Å². The summed E-state index contributed by atoms with van der Waals surface area (Å²) < 4.78 is 26.6. The van der Waals surface area contributed by atoms with Crippen LogP contribution in [0, 0.1) is 6.92 Å². The van der Waals surface area contributed by atoms with Crippen LogP contribution in [0.4, 0.5) is 0 Å². The molecule has 1 aromatic rings. The van der Waals surface area contributed by atoms with Gasteiger partial charge in [0.1, 0.15) is 12.6 Å². The zero-order valence-electron chi connectivity index (χ0n) is 10.4. The van der Waals surface area contributed by atoms with Crippen LogP contribution >= 0.6 is 0 Å². The van der Waals surface area contributed by atoms with Crippen LogP contribution in [0.3, 0.4) is 0 Å². The van der Waals surface area contributed by atoms with Gasteiger partial charge in [0.25, 0.3) is 5.91 Å². The van der Waals surface area contributed by atoms with Gasteiger partial charge in [-0.1, -0.05) is 6.07 Å². The summed E-state index contributed by atoms with van der Waals surface area (Å²) in [4.78, 5) is 26.7. The number of nitrogens with one attached hydrogen (secondary N) is 2. The van der Waals surface area contributed by atoms with Crippen molar-refractivity contribution in [1.82, 2.24) is 10.2 Å². The standard InChI is InChI=1S/C11H12N2O6S/c1-6-7(11(15)16)3-2-4-9(6)20(17,18)13-8-5-19-12-10(8)14/h2-4,8,13H,5H2,1H3,(H,12,14)(H,15,16)/t8-/m1/s1. The van der Waals surface area contributed by atoms with Crippen molar-refractivity contribution in [3.8, 4) is 0 Å². The maximum Gasteiger partial charge on any atom is 0.335 e. The average molecular weight is 300 g/mol. The van der Waals surface area contributed by atoms with Crippen molar-refractivity contribution in [1.29, 1.82) is 0 Å². The molecule has 1 aromatic carbocycles. The highest BCUT2D eigenvalue weighted by molar-refractivity contribution is 7.89. The summed E-state index contributed by atoms with van der Waals surface area (Å²) in [6, 6.07) is 2.88. The van der Waals surface area contributed by atoms with Gasteiger partial charge in [-0.05, 0) is 24.6 Å². The fraction of sp³-hybridized carbons (Fsp3) is 0.273. The molecule has 1 heterocycles. The van der Waals surface area contributed by atoms with Crippen LogP contribution in [0.25, 0.3) is 0 Å². The summed E-state index contributed by atoms with van der Waals surface area (Å²) in [5.74, 6) is -1.82. The van der Waals surface area contributed by atoms with Gasteiger partial charge in [-0.2, -0.15) is 4.72 Å². The SMILES string of the molecule is Cc1c(C(=O)O)cccc1S(=O)(=O)N[C@@H]1CONC1=O. The Balaban J connectivity index is 2.37. The van der Waals surface area contributed by atoms with E-state index in [1.807, 2.05) is 5.48 Å². The third-order valence-electron chi connectivity index (χ3n) is 2.84. The molecular weight excluding hydrogens is 288 g/mol. The fourth-order valence-corrected chi connectivity index (χ4v) is 3.27. The number of carbonyl (C=O) groups is 2. The minimum absolute atomic E-state index is 0.104. The number of hydroxylamine groups is 1. The summed E-state index contributed by atoms with van der Waals surface area (Å²) in [5.41, 5.74) is 2.02. The van der Waals surface area contributed by atoms with E-state index in [-0.39, 0.29) is 22.6 Å². The maximum absolute atomic E-state index is 12.2. The molecule has 0 saturated carbocycles. The lowest BCUT2D eigenvalue weighted by Gasteiger charge is -2.12. The zero-order valence-corrected chi connectivity index (χ0v) is 11.2. The molecule has 1 atom stereocenters. The molecule has 0 aromatic heterocycles. The van der Waals surface area contributed by atoms with Gasteiger partial charge in [0.2, 0.25) is 10.0 Å². The molecule has 0 radical (unpaired) electrons. The Morgan fingerprint density at radius 3 is 2.75 bits per heavy atom. The number of sulfonamides is 1. The Labute approximate surface area is 114 Å². The van der Waals surface area contributed by atoms with E-state index in [1.54, 1.807) is 0 Å². The molecule has 0 unspecified atom stereocenters. The monoisotopic (exact) mass is 300 g/mol. The largest absolute Gasteiger partial charge is 0.478 e. The first-order chi connectivity index (χ1) is 9.33. The van der Waals surface area contributed by atoms with Gasteiger partial charge in [0.15, 0.2) is 0 Å². The van der Waals surface area contributed by atoms with Crippen molar-refractivity contribution in [2.24, 2.45) is 0 Å². The van der Waals surface area contributed by atoms with E-state index in [2.05, 4.69) is 9.56 Å². The highest BCUT2D eigenvalue weighted by Crippen LogP contribution is 2.19. The minimum Gasteiger partial charge on any atom is -0.478 e. The van der Waals surface area contributed by atoms with Gasteiger partial charge in [-0.15, -0.1) is 0 Å². The number of carbonyl (C=O) groups excluding carboxylic acids is 1. The van der Waals surface area contributed by atoms with Crippen LogP contribution in [0.5, 0.6) is 0 Å². The van der Waals surface area contributed by atoms with Crippen LogP contribution < -0.4 is 10.2 Å². The van der Waals surface area contributed by atoms with Crippen molar-refractivity contribution >= 4 is 21.9 Å². The van der Waals surface area contributed by atoms with Crippen LogP contribution in [-0.2, 0) is 19.7 Å². The van der Waals surface area contributed by atoms with E-state index in [0.29, 0.717) is 0 Å². The highest BCUT2D eigenvalue weighted by atomic mass is 32.2. The summed E-state index contributed by atoms with van der Waals surface area (Å²) in [6.07, 6.45) is 0. The third kappa shape index (κ3) is 2.64. The number of carboxylic acid groups (broad SMARTS) is 1. The van der Waals surface area contributed by atoms with Gasteiger partial charge < -0.3 is 5.11 Å². The lowest BCUT2D eigenvalue weighted by Crippen LogP contribution is -2.41. The van der Waals surface area contributed by atoms with Crippen LogP contribution in [0.2, 0.25) is 0 Å². The molecule has 0 spiro atoms. The van der Waals surface area contributed by atoms with Crippen molar-refractivity contribution in [2.75, 3.05) is 6.61 Å². The van der Waals surface area contributed by atoms with E-state index >= 15 is 0 Å². The normalized spacial score (nSPS) is 18.9. The number of benzene rings is 1. The Hall–Kier alpha value is -1.97. The lowest BCUT2D eigenvalue weighted by atomic mass is 10.1. The molecule has 1 aliphatic heterocycles. The highest BCUT2D eigenvalue weighted by Gasteiger charge is 2.31. The second-order valence-electron chi connectivity index (χ2n) is 4.19. The van der Waals surface area contributed by atoms with Gasteiger partial charge >= 0.3 is 5.97 Å². The predicted molar refractivity (Wildman–Crippen MR) is 66.3 cm³/mol. The van der Waals surface area contributed by atoms with E-state index in [4.69, 9.17) is 5.11 Å². The summed E-state index contributed by atoms with van der Waals surface area (Å²) in [6.45, 7) is 1.26. The number of amides is 1. The molecule has 9 heteroatoms. The first-order valence-corrected chi connectivity index (χ1v) is 7.08. The number of rotatable bonds is 4. The Bertz CT molecular complexity index is 669. The number of hydrogen-bond acceptors (Lipinski definition) is 5. The molecule has 0 aliphatic carbocycles. The number of hydrogen-bond donors (Lipinski definition) is 3. The minimum atomic E-state index is -4.02. The molecule has 8 nitrogen and oxygen atoms in total. The predicted octanol–water partition coefficient (Wildman–Crippen LogP) is -0.598. The van der Waals surface area contributed by atoms with Crippen LogP contribution in [0.1, 0.15) is 15.9 Å². The second-order valence-corrected chi connectivity index (χ2v) is 5.87. The third-order valence-corrected chi connectivity index (χ3v) is 4.46. The van der Waals surface area contributed by atoms with Gasteiger partial charge in [0.05, 0.1) is 10.5 Å². The molecule has 1 fully saturated rings. The molecule has 1 aliphatic rings. The molecule has 108 valence electrons. The summed E-state index contributed by atoms with van der Waals surface area (Å²) in [7, 11) is -4.02. The summed E-state index contributed by atoms with van der Waals surface area (Å²) in [5, 5.41) is 8.98. The van der Waals surface area contributed by atoms with Gasteiger partial charge in [-0.25, -0.2) is 18.7 Å². The van der Waals surface area contributed by atoms with E-state index in [1.165, 1.54) is 25.1 Å². The lowest BCUT2D eigenvalue weighted by molar-refractivity contribution is -0.124. The first kappa shape index (κ1) is 14.4. The van der Waals surface area contributed by atoms with Crippen molar-refractivity contribution in [2.45, 2.75) is 17.9 Å². The molecule has 2 rings (SSSR count). The van der Waals surface area contributed by atoms with Crippen LogP contribution in [0.15, 0.2) is 23.1 Å². The molecule has 0 bridgehead atoms. The topological polar surface area (TPSA) is 122 Å². The molecule has 1 amide bonds. The second kappa shape index (κ2) is 5.19. The molecule has 20 heavy (non-hydrogen) atoms. The van der Waals surface area contributed by atoms with Crippen molar-refractivity contribution < 1.29 is 28.0 Å². The Kier molecular flexibility index (Phi) is 3.75. The zero-order chi connectivity index (χ0) is 14.9. The van der Waals surface area contributed by atoms with Crippen molar-refractivity contribution in [3.05, 3.63) is 29.3 Å². The van der Waals surface area contributed by atoms with Crippen molar-refractivity contribution in [3.63, 3.8) is 0 Å². The number of carboxylic acids is 1. The maximum atomic E-state index is 12.2. The number of aromatic carboxylic acids is 1.